The fourth-order valence-corrected chi connectivity index (χ4v) is 6.13. The average molecular weight is 456 g/mol. The summed E-state index contributed by atoms with van der Waals surface area (Å²) in [6.07, 6.45) is -1.38. The first-order valence-corrected chi connectivity index (χ1v) is 10.8. The van der Waals surface area contributed by atoms with Gasteiger partial charge in [-0.25, -0.2) is 9.34 Å². The van der Waals surface area contributed by atoms with Gasteiger partial charge in [0.25, 0.3) is 6.34 Å². The van der Waals surface area contributed by atoms with Crippen LogP contribution >= 0.6 is 15.8 Å². The second-order valence-corrected chi connectivity index (χ2v) is 8.27. The second-order valence-electron chi connectivity index (χ2n) is 3.81. The summed E-state index contributed by atoms with van der Waals surface area (Å²) in [6.45, 7) is 4.90. The van der Waals surface area contributed by atoms with E-state index in [-0.39, 0.29) is 0 Å². The molecule has 6 heteroatoms. The van der Waals surface area contributed by atoms with Crippen LogP contribution in [0.1, 0.15) is 0 Å². The first-order chi connectivity index (χ1) is 7.82. The van der Waals surface area contributed by atoms with Gasteiger partial charge in [-0.3, -0.25) is 0 Å². The molecule has 0 amide bonds. The molecule has 0 aliphatic carbocycles. The summed E-state index contributed by atoms with van der Waals surface area (Å²) in [5.41, 5.74) is 0. The molecule has 0 aromatic heterocycles. The summed E-state index contributed by atoms with van der Waals surface area (Å²) in [4.78, 5) is 0. The van der Waals surface area contributed by atoms with E-state index < -0.39 is 6.34 Å². The summed E-state index contributed by atoms with van der Waals surface area (Å²) in [5.74, 6) is 0. The molecule has 1 aromatic rings. The fraction of sp³-hybridized carbons (Fsp3) is 0.400. The van der Waals surface area contributed by atoms with Gasteiger partial charge in [0.15, 0.2) is 11.8 Å². The molecule has 3 rings (SSSR count). The van der Waals surface area contributed by atoms with Crippen LogP contribution in [0.15, 0.2) is 30.3 Å². The Morgan fingerprint density at radius 2 is 1.44 bits per heavy atom. The van der Waals surface area contributed by atoms with Crippen LogP contribution in [0.25, 0.3) is 0 Å². The number of thiol groups is 1. The van der Waals surface area contributed by atoms with Crippen LogP contribution in [0, 0.1) is 0 Å². The van der Waals surface area contributed by atoms with Gasteiger partial charge < -0.3 is 0 Å². The molecule has 2 heterocycles. The van der Waals surface area contributed by atoms with Crippen LogP contribution < -0.4 is 5.30 Å². The maximum absolute atomic E-state index is 4.99. The molecule has 0 unspecified atom stereocenters. The largest absolute Gasteiger partial charge is 0.286 e. The number of hydrogen-bond donors (Lipinski definition) is 0. The van der Waals surface area contributed by atoms with Crippen LogP contribution in [0.4, 0.5) is 0 Å². The summed E-state index contributed by atoms with van der Waals surface area (Å²) in [7, 11) is 4.61. The number of nitrogens with zero attached hydrogens (tertiary/aromatic N) is 2. The molecule has 0 spiro atoms. The predicted molar refractivity (Wildman–Crippen MR) is 70.8 cm³/mol. The maximum atomic E-state index is 4.99. The molecule has 0 bridgehead atoms. The molecule has 0 saturated carbocycles. The molecule has 2 aliphatic rings. The first-order valence-electron chi connectivity index (χ1n) is 5.12. The zero-order valence-electron chi connectivity index (χ0n) is 8.70. The molecule has 2 nitrogen and oxygen atoms in total. The Morgan fingerprint density at radius 1 is 1.00 bits per heavy atom. The van der Waals surface area contributed by atoms with E-state index >= 15 is 0 Å². The molecule has 16 heavy (non-hydrogen) atoms. The smallest absolute Gasteiger partial charge is 0.222 e. The molecule has 0 atom stereocenters. The standard InChI is InChI=1S/C10H13N2PS.ClH.Pt/c14-13(11-6-7-11,12-8-9-12)10-4-2-1-3-5-10;;/h1-5H,6-9H2;1H;/q;;+1. The van der Waals surface area contributed by atoms with Gasteiger partial charge in [0, 0.05) is 26.2 Å². The third-order valence-electron chi connectivity index (χ3n) is 2.74. The Hall–Kier alpha value is 0.768. The van der Waals surface area contributed by atoms with E-state index in [1.807, 2.05) is 0 Å². The van der Waals surface area contributed by atoms with Crippen molar-refractivity contribution in [3.05, 3.63) is 30.3 Å². The molecular weight excluding hydrogens is 442 g/mol. The third kappa shape index (κ3) is 2.61. The van der Waals surface area contributed by atoms with Crippen LogP contribution in [0.5, 0.6) is 0 Å². The van der Waals surface area contributed by atoms with E-state index in [0.29, 0.717) is 0 Å². The van der Waals surface area contributed by atoms with Gasteiger partial charge in [-0.1, -0.05) is 18.2 Å². The summed E-state index contributed by atoms with van der Waals surface area (Å²) >= 11 is 6.60. The SMILES string of the molecule is [Cl][Pt].[SH+]=P(c1ccccc1)(N1CC1)N1CC1. The van der Waals surface area contributed by atoms with Crippen LogP contribution in [0.3, 0.4) is 0 Å². The Morgan fingerprint density at radius 3 is 1.81 bits per heavy atom. The van der Waals surface area contributed by atoms with Gasteiger partial charge in [-0.15, -0.1) is 0 Å². The Bertz CT molecular complexity index is 379. The fourth-order valence-electron chi connectivity index (χ4n) is 1.78. The van der Waals surface area contributed by atoms with Crippen molar-refractivity contribution >= 4 is 32.9 Å². The van der Waals surface area contributed by atoms with Crippen LogP contribution in [-0.2, 0) is 30.6 Å². The average Bonchev–Trinajstić information content (AvgIpc) is 3.24. The number of benzene rings is 1. The number of rotatable bonds is 3. The van der Waals surface area contributed by atoms with Crippen molar-refractivity contribution in [2.24, 2.45) is 0 Å². The third-order valence-corrected chi connectivity index (χ3v) is 8.32. The Labute approximate surface area is 117 Å². The van der Waals surface area contributed by atoms with Gasteiger partial charge in [-0.2, -0.15) is 0 Å². The zero-order valence-corrected chi connectivity index (χ0v) is 13.5. The molecular formula is C10H14ClN2PPtS+. The molecule has 2 fully saturated rings. The van der Waals surface area contributed by atoms with Gasteiger partial charge in [0.05, 0.1) is 5.30 Å². The minimum Gasteiger partial charge on any atom is -0.222 e. The molecule has 2 saturated heterocycles. The van der Waals surface area contributed by atoms with Crippen molar-refractivity contribution in [3.8, 4) is 0 Å². The van der Waals surface area contributed by atoms with Crippen molar-refractivity contribution in [1.29, 1.82) is 0 Å². The van der Waals surface area contributed by atoms with Crippen molar-refractivity contribution in [2.45, 2.75) is 0 Å². The van der Waals surface area contributed by atoms with Gasteiger partial charge in [0.1, 0.15) is 0 Å². The van der Waals surface area contributed by atoms with Crippen molar-refractivity contribution < 1.29 is 18.8 Å². The molecule has 1 aromatic carbocycles. The molecule has 91 valence electrons. The normalized spacial score (nSPS) is 19.9. The predicted octanol–water partition coefficient (Wildman–Crippen LogP) is 1.67. The van der Waals surface area contributed by atoms with Gasteiger partial charge in [0.2, 0.25) is 0 Å². The van der Waals surface area contributed by atoms with E-state index in [2.05, 4.69) is 49.1 Å². The monoisotopic (exact) mass is 455 g/mol. The summed E-state index contributed by atoms with van der Waals surface area (Å²) in [6, 6.07) is 10.8. The molecule has 0 radical (unpaired) electrons. The Balaban J connectivity index is 0.000000457. The minimum atomic E-state index is -1.38. The number of halogens is 1. The van der Waals surface area contributed by atoms with Crippen LogP contribution in [0.2, 0.25) is 0 Å². The van der Waals surface area contributed by atoms with Gasteiger partial charge in [-0.05, 0) is 12.1 Å². The first kappa shape index (κ1) is 13.2. The van der Waals surface area contributed by atoms with E-state index in [9.17, 15) is 0 Å². The van der Waals surface area contributed by atoms with Gasteiger partial charge >= 0.3 is 28.2 Å². The van der Waals surface area contributed by atoms with Crippen molar-refractivity contribution in [3.63, 3.8) is 0 Å². The number of hydrogen-bond acceptors (Lipinski definition) is 0. The van der Waals surface area contributed by atoms with E-state index in [1.54, 1.807) is 18.8 Å². The Kier molecular flexibility index (Phi) is 4.63. The summed E-state index contributed by atoms with van der Waals surface area (Å²) < 4.78 is 5.02. The zero-order chi connectivity index (χ0) is 11.6. The summed E-state index contributed by atoms with van der Waals surface area (Å²) in [5, 5.41) is 1.42. The van der Waals surface area contributed by atoms with E-state index in [0.717, 1.165) is 0 Å². The van der Waals surface area contributed by atoms with E-state index in [4.69, 9.17) is 11.8 Å². The van der Waals surface area contributed by atoms with Crippen molar-refractivity contribution in [1.82, 2.24) is 9.34 Å². The maximum Gasteiger partial charge on any atom is 0.286 e. The second kappa shape index (κ2) is 5.61. The quantitative estimate of drug-likeness (QED) is 0.296. The molecule has 0 N–H and O–H groups in total. The topological polar surface area (TPSA) is 6.02 Å². The van der Waals surface area contributed by atoms with E-state index in [1.165, 1.54) is 31.5 Å². The van der Waals surface area contributed by atoms with Crippen LogP contribution in [-0.4, -0.2) is 35.5 Å². The van der Waals surface area contributed by atoms with Crippen molar-refractivity contribution in [2.75, 3.05) is 26.2 Å². The molecule has 2 aliphatic heterocycles. The minimum absolute atomic E-state index is 1.22.